The van der Waals surface area contributed by atoms with Gasteiger partial charge in [-0.25, -0.2) is 0 Å². The lowest BCUT2D eigenvalue weighted by atomic mass is 10.0. The molecule has 0 rings (SSSR count). The fourth-order valence-corrected chi connectivity index (χ4v) is 2.03. The summed E-state index contributed by atoms with van der Waals surface area (Å²) in [6, 6.07) is 0. The molecule has 108 valence electrons. The molecule has 0 aliphatic heterocycles. The molecule has 0 saturated carbocycles. The lowest BCUT2D eigenvalue weighted by Crippen LogP contribution is -2.35. The molecule has 3 heteroatoms. The van der Waals surface area contributed by atoms with Crippen LogP contribution in [0.2, 0.25) is 0 Å². The largest absolute Gasteiger partial charge is 0.390 e. The van der Waals surface area contributed by atoms with E-state index in [1.165, 1.54) is 44.6 Å². The number of hydrogen-bond acceptors (Lipinski definition) is 3. The van der Waals surface area contributed by atoms with Crippen LogP contribution in [0.25, 0.3) is 0 Å². The first-order valence-electron chi connectivity index (χ1n) is 7.30. The van der Waals surface area contributed by atoms with Crippen molar-refractivity contribution in [3.05, 3.63) is 12.7 Å². The Morgan fingerprint density at radius 3 is 1.89 bits per heavy atom. The van der Waals surface area contributed by atoms with Gasteiger partial charge in [0, 0.05) is 0 Å². The number of aliphatic hydroxyl groups is 3. The Labute approximate surface area is 112 Å². The van der Waals surface area contributed by atoms with E-state index in [1.807, 2.05) is 0 Å². The third kappa shape index (κ3) is 8.67. The predicted octanol–water partition coefficient (Wildman–Crippen LogP) is 2.79. The van der Waals surface area contributed by atoms with Gasteiger partial charge in [0.1, 0.15) is 12.2 Å². The average molecular weight is 258 g/mol. The summed E-state index contributed by atoms with van der Waals surface area (Å²) in [5.74, 6) is 0. The van der Waals surface area contributed by atoms with E-state index in [2.05, 4.69) is 13.5 Å². The SMILES string of the molecule is C=C[C@H](O)[C@@H](O)[C@@H](O)CCCCCCCCCC. The van der Waals surface area contributed by atoms with Crippen LogP contribution in [-0.2, 0) is 0 Å². The third-order valence-corrected chi connectivity index (χ3v) is 3.34. The molecule has 0 aromatic carbocycles. The van der Waals surface area contributed by atoms with Crippen LogP contribution in [0.5, 0.6) is 0 Å². The van der Waals surface area contributed by atoms with Gasteiger partial charge in [0.25, 0.3) is 0 Å². The predicted molar refractivity (Wildman–Crippen MR) is 75.4 cm³/mol. The monoisotopic (exact) mass is 258 g/mol. The summed E-state index contributed by atoms with van der Waals surface area (Å²) >= 11 is 0. The molecule has 0 bridgehead atoms. The van der Waals surface area contributed by atoms with Crippen LogP contribution in [0.15, 0.2) is 12.7 Å². The molecule has 0 amide bonds. The minimum atomic E-state index is -1.10. The summed E-state index contributed by atoms with van der Waals surface area (Å²) in [5, 5.41) is 28.4. The van der Waals surface area contributed by atoms with E-state index in [1.54, 1.807) is 0 Å². The summed E-state index contributed by atoms with van der Waals surface area (Å²) in [6.07, 6.45) is 8.46. The fraction of sp³-hybridized carbons (Fsp3) is 0.867. The Morgan fingerprint density at radius 2 is 1.39 bits per heavy atom. The molecule has 0 fully saturated rings. The summed E-state index contributed by atoms with van der Waals surface area (Å²) in [4.78, 5) is 0. The molecule has 0 spiro atoms. The molecule has 0 aliphatic rings. The van der Waals surface area contributed by atoms with E-state index < -0.39 is 18.3 Å². The zero-order valence-electron chi connectivity index (χ0n) is 11.7. The van der Waals surface area contributed by atoms with Gasteiger partial charge in [-0.3, -0.25) is 0 Å². The van der Waals surface area contributed by atoms with E-state index in [0.29, 0.717) is 6.42 Å². The number of rotatable bonds is 12. The maximum absolute atomic E-state index is 9.63. The first-order valence-corrected chi connectivity index (χ1v) is 7.30. The molecule has 0 aromatic heterocycles. The third-order valence-electron chi connectivity index (χ3n) is 3.34. The van der Waals surface area contributed by atoms with Crippen molar-refractivity contribution in [2.75, 3.05) is 0 Å². The highest BCUT2D eigenvalue weighted by Gasteiger charge is 2.21. The standard InChI is InChI=1S/C15H30O3/c1-3-5-6-7-8-9-10-11-12-14(17)15(18)13(16)4-2/h4,13-18H,2-3,5-12H2,1H3/t13-,14-,15+/m0/s1. The summed E-state index contributed by atoms with van der Waals surface area (Å²) in [6.45, 7) is 5.60. The molecule has 3 N–H and O–H groups in total. The number of hydrogen-bond donors (Lipinski definition) is 3. The van der Waals surface area contributed by atoms with E-state index in [0.717, 1.165) is 12.8 Å². The topological polar surface area (TPSA) is 60.7 Å². The van der Waals surface area contributed by atoms with E-state index in [9.17, 15) is 15.3 Å². The minimum absolute atomic E-state index is 0.543. The maximum Gasteiger partial charge on any atom is 0.109 e. The summed E-state index contributed by atoms with van der Waals surface area (Å²) < 4.78 is 0. The van der Waals surface area contributed by atoms with Crippen molar-refractivity contribution in [1.82, 2.24) is 0 Å². The minimum Gasteiger partial charge on any atom is -0.390 e. The van der Waals surface area contributed by atoms with Gasteiger partial charge in [-0.2, -0.15) is 0 Å². The quantitative estimate of drug-likeness (QED) is 0.372. The number of aliphatic hydroxyl groups excluding tert-OH is 3. The van der Waals surface area contributed by atoms with Crippen molar-refractivity contribution in [3.8, 4) is 0 Å². The number of unbranched alkanes of at least 4 members (excludes halogenated alkanes) is 7. The molecule has 0 aliphatic carbocycles. The van der Waals surface area contributed by atoms with Crippen molar-refractivity contribution in [1.29, 1.82) is 0 Å². The molecule has 18 heavy (non-hydrogen) atoms. The van der Waals surface area contributed by atoms with Gasteiger partial charge in [0.05, 0.1) is 6.10 Å². The second kappa shape index (κ2) is 11.7. The Morgan fingerprint density at radius 1 is 0.889 bits per heavy atom. The van der Waals surface area contributed by atoms with Crippen molar-refractivity contribution in [3.63, 3.8) is 0 Å². The summed E-state index contributed by atoms with van der Waals surface area (Å²) in [5.41, 5.74) is 0. The highest BCUT2D eigenvalue weighted by molar-refractivity contribution is 4.87. The molecular weight excluding hydrogens is 228 g/mol. The zero-order valence-corrected chi connectivity index (χ0v) is 11.7. The smallest absolute Gasteiger partial charge is 0.109 e. The Kier molecular flexibility index (Phi) is 11.4. The first-order chi connectivity index (χ1) is 8.63. The maximum atomic E-state index is 9.63. The second-order valence-electron chi connectivity index (χ2n) is 5.05. The first kappa shape index (κ1) is 17.6. The van der Waals surface area contributed by atoms with Crippen LogP contribution in [-0.4, -0.2) is 33.6 Å². The van der Waals surface area contributed by atoms with Gasteiger partial charge < -0.3 is 15.3 Å². The lowest BCUT2D eigenvalue weighted by Gasteiger charge is -2.20. The normalized spacial score (nSPS) is 16.2. The average Bonchev–Trinajstić information content (AvgIpc) is 2.39. The van der Waals surface area contributed by atoms with Crippen molar-refractivity contribution >= 4 is 0 Å². The zero-order chi connectivity index (χ0) is 13.8. The molecule has 0 aromatic rings. The van der Waals surface area contributed by atoms with Crippen LogP contribution in [0.4, 0.5) is 0 Å². The molecule has 0 radical (unpaired) electrons. The van der Waals surface area contributed by atoms with Gasteiger partial charge in [-0.15, -0.1) is 6.58 Å². The highest BCUT2D eigenvalue weighted by Crippen LogP contribution is 2.13. The van der Waals surface area contributed by atoms with Gasteiger partial charge in [0.2, 0.25) is 0 Å². The second-order valence-corrected chi connectivity index (χ2v) is 5.05. The van der Waals surface area contributed by atoms with E-state index in [-0.39, 0.29) is 0 Å². The Bertz CT molecular complexity index is 194. The molecule has 3 nitrogen and oxygen atoms in total. The Hall–Kier alpha value is -0.380. The van der Waals surface area contributed by atoms with Crippen LogP contribution in [0.1, 0.15) is 64.7 Å². The van der Waals surface area contributed by atoms with Crippen LogP contribution >= 0.6 is 0 Å². The van der Waals surface area contributed by atoms with Crippen molar-refractivity contribution in [2.24, 2.45) is 0 Å². The van der Waals surface area contributed by atoms with Crippen LogP contribution < -0.4 is 0 Å². The van der Waals surface area contributed by atoms with E-state index in [4.69, 9.17) is 0 Å². The molecule has 3 atom stereocenters. The molecular formula is C15H30O3. The van der Waals surface area contributed by atoms with Crippen LogP contribution in [0, 0.1) is 0 Å². The molecule has 0 saturated heterocycles. The summed E-state index contributed by atoms with van der Waals surface area (Å²) in [7, 11) is 0. The molecule has 0 heterocycles. The lowest BCUT2D eigenvalue weighted by molar-refractivity contribution is -0.0446. The molecule has 0 unspecified atom stereocenters. The van der Waals surface area contributed by atoms with Crippen molar-refractivity contribution < 1.29 is 15.3 Å². The van der Waals surface area contributed by atoms with Gasteiger partial charge in [-0.1, -0.05) is 64.4 Å². The fourth-order valence-electron chi connectivity index (χ4n) is 2.03. The van der Waals surface area contributed by atoms with Gasteiger partial charge in [-0.05, 0) is 6.42 Å². The highest BCUT2D eigenvalue weighted by atomic mass is 16.4. The van der Waals surface area contributed by atoms with Crippen molar-refractivity contribution in [2.45, 2.75) is 83.0 Å². The van der Waals surface area contributed by atoms with Gasteiger partial charge >= 0.3 is 0 Å². The Balaban J connectivity index is 3.40. The van der Waals surface area contributed by atoms with E-state index >= 15 is 0 Å². The van der Waals surface area contributed by atoms with Crippen LogP contribution in [0.3, 0.4) is 0 Å². The van der Waals surface area contributed by atoms with Gasteiger partial charge in [0.15, 0.2) is 0 Å².